The van der Waals surface area contributed by atoms with Crippen LogP contribution in [0.25, 0.3) is 11.1 Å². The predicted molar refractivity (Wildman–Crippen MR) is 115 cm³/mol. The van der Waals surface area contributed by atoms with E-state index in [0.717, 1.165) is 27.8 Å². The maximum absolute atomic E-state index is 12.3. The van der Waals surface area contributed by atoms with Gasteiger partial charge in [-0.25, -0.2) is 9.59 Å². The first-order valence-corrected chi connectivity index (χ1v) is 9.51. The van der Waals surface area contributed by atoms with Crippen LogP contribution in [0.3, 0.4) is 0 Å². The number of hydrogen-bond donors (Lipinski definition) is 3. The molecule has 4 rings (SSSR count). The van der Waals surface area contributed by atoms with Crippen molar-refractivity contribution >= 4 is 12.1 Å². The van der Waals surface area contributed by atoms with Crippen LogP contribution in [0.2, 0.25) is 0 Å². The lowest BCUT2D eigenvalue weighted by molar-refractivity contribution is -0.139. The number of amides is 1. The van der Waals surface area contributed by atoms with Gasteiger partial charge in [0.1, 0.15) is 12.6 Å². The third-order valence-electron chi connectivity index (χ3n) is 5.22. The number of rotatable bonds is 6. The number of fused-ring (bicyclic) bond motifs is 3. The molecule has 6 nitrogen and oxygen atoms in total. The van der Waals surface area contributed by atoms with Crippen LogP contribution in [0.1, 0.15) is 22.6 Å². The topological polar surface area (TPSA) is 111 Å². The summed E-state index contributed by atoms with van der Waals surface area (Å²) < 4.78 is 5.44. The summed E-state index contributed by atoms with van der Waals surface area (Å²) in [5.41, 5.74) is 5.34. The van der Waals surface area contributed by atoms with E-state index < -0.39 is 18.1 Å². The summed E-state index contributed by atoms with van der Waals surface area (Å²) in [6.45, 7) is 0.150. The number of nitrogens with one attached hydrogen (secondary N) is 1. The Morgan fingerprint density at radius 1 is 0.867 bits per heavy atom. The maximum Gasteiger partial charge on any atom is 0.407 e. The Morgan fingerprint density at radius 2 is 1.40 bits per heavy atom. The number of carboxylic acid groups (broad SMARTS) is 1. The Balaban J connectivity index is 0.00000256. The normalized spacial score (nSPS) is 12.8. The Bertz CT molecular complexity index is 991. The zero-order chi connectivity index (χ0) is 20.2. The van der Waals surface area contributed by atoms with Crippen molar-refractivity contribution in [2.24, 2.45) is 0 Å². The van der Waals surface area contributed by atoms with E-state index in [4.69, 9.17) is 4.74 Å². The third kappa shape index (κ3) is 4.34. The summed E-state index contributed by atoms with van der Waals surface area (Å²) >= 11 is 0. The molecule has 0 heterocycles. The molecule has 3 aromatic carbocycles. The van der Waals surface area contributed by atoms with Gasteiger partial charge >= 0.3 is 12.1 Å². The van der Waals surface area contributed by atoms with Crippen molar-refractivity contribution < 1.29 is 19.4 Å². The summed E-state index contributed by atoms with van der Waals surface area (Å²) in [7, 11) is 0. The lowest BCUT2D eigenvalue weighted by Gasteiger charge is -2.17. The van der Waals surface area contributed by atoms with E-state index in [0.29, 0.717) is 0 Å². The summed E-state index contributed by atoms with van der Waals surface area (Å²) in [5.74, 6) is -1.16. The van der Waals surface area contributed by atoms with Crippen molar-refractivity contribution in [3.63, 3.8) is 0 Å². The number of carboxylic acids is 1. The van der Waals surface area contributed by atoms with Gasteiger partial charge in [0.15, 0.2) is 0 Å². The van der Waals surface area contributed by atoms with Gasteiger partial charge in [0.2, 0.25) is 0 Å². The lowest BCUT2D eigenvalue weighted by atomic mass is 9.98. The van der Waals surface area contributed by atoms with Gasteiger partial charge in [0, 0.05) is 12.3 Å². The van der Waals surface area contributed by atoms with E-state index in [-0.39, 0.29) is 25.1 Å². The molecule has 1 aliphatic carbocycles. The Labute approximate surface area is 175 Å². The summed E-state index contributed by atoms with van der Waals surface area (Å²) in [6, 6.07) is 24.3. The van der Waals surface area contributed by atoms with Gasteiger partial charge in [-0.2, -0.15) is 0 Å². The Morgan fingerprint density at radius 3 is 1.97 bits per heavy atom. The van der Waals surface area contributed by atoms with Gasteiger partial charge in [0.25, 0.3) is 0 Å². The summed E-state index contributed by atoms with van der Waals surface area (Å²) in [4.78, 5) is 23.9. The van der Waals surface area contributed by atoms with E-state index in [9.17, 15) is 14.7 Å². The molecule has 1 aliphatic rings. The highest BCUT2D eigenvalue weighted by atomic mass is 16.5. The molecule has 0 bridgehead atoms. The molecule has 0 saturated carbocycles. The second-order valence-electron chi connectivity index (χ2n) is 7.05. The molecule has 5 N–H and O–H groups in total. The van der Waals surface area contributed by atoms with Crippen LogP contribution >= 0.6 is 0 Å². The van der Waals surface area contributed by atoms with Crippen LogP contribution in [-0.4, -0.2) is 29.8 Å². The average Bonchev–Trinajstić information content (AvgIpc) is 3.06. The fraction of sp³-hybridized carbons (Fsp3) is 0.167. The van der Waals surface area contributed by atoms with E-state index >= 15 is 0 Å². The van der Waals surface area contributed by atoms with E-state index in [1.807, 2.05) is 66.7 Å². The standard InChI is InChI=1S/C24H21NO4.H3N/c26-23(27)22(14-16-8-2-1-3-9-16)25-24(28)29-15-21-19-12-6-4-10-17(19)18-11-5-7-13-20(18)21;/h1-13,21-22H,14-15H2,(H,25,28)(H,26,27);1H3. The summed E-state index contributed by atoms with van der Waals surface area (Å²) in [5, 5.41) is 11.9. The molecule has 0 aromatic heterocycles. The first-order chi connectivity index (χ1) is 14.1. The van der Waals surface area contributed by atoms with Crippen LogP contribution in [0, 0.1) is 0 Å². The minimum atomic E-state index is -1.10. The highest BCUT2D eigenvalue weighted by Gasteiger charge is 2.29. The van der Waals surface area contributed by atoms with Gasteiger partial charge in [-0.05, 0) is 27.8 Å². The number of ether oxygens (including phenoxy) is 1. The van der Waals surface area contributed by atoms with Gasteiger partial charge in [-0.1, -0.05) is 78.9 Å². The Hall–Kier alpha value is -3.64. The van der Waals surface area contributed by atoms with Crippen molar-refractivity contribution in [2.45, 2.75) is 18.4 Å². The predicted octanol–water partition coefficient (Wildman–Crippen LogP) is 4.38. The molecule has 0 fully saturated rings. The van der Waals surface area contributed by atoms with Gasteiger partial charge < -0.3 is 21.3 Å². The first-order valence-electron chi connectivity index (χ1n) is 9.51. The number of carbonyl (C=O) groups excluding carboxylic acids is 1. The minimum Gasteiger partial charge on any atom is -0.480 e. The molecular formula is C24H24N2O4. The SMILES string of the molecule is N.O=C(NC(Cc1ccccc1)C(=O)O)OCC1c2ccccc2-c2ccccc21. The summed E-state index contributed by atoms with van der Waals surface area (Å²) in [6.07, 6.45) is -0.532. The van der Waals surface area contributed by atoms with Crippen molar-refractivity contribution in [1.29, 1.82) is 0 Å². The van der Waals surface area contributed by atoms with E-state index in [1.165, 1.54) is 0 Å². The van der Waals surface area contributed by atoms with Gasteiger partial charge in [-0.3, -0.25) is 0 Å². The number of benzene rings is 3. The highest BCUT2D eigenvalue weighted by Crippen LogP contribution is 2.44. The molecule has 3 aromatic rings. The maximum atomic E-state index is 12.3. The molecule has 0 saturated heterocycles. The number of aliphatic carboxylic acids is 1. The van der Waals surface area contributed by atoms with Crippen molar-refractivity contribution in [3.05, 3.63) is 95.6 Å². The minimum absolute atomic E-state index is 0. The number of hydrogen-bond acceptors (Lipinski definition) is 4. The number of carbonyl (C=O) groups is 2. The fourth-order valence-corrected chi connectivity index (χ4v) is 3.83. The molecule has 30 heavy (non-hydrogen) atoms. The van der Waals surface area contributed by atoms with Crippen LogP contribution in [0.5, 0.6) is 0 Å². The molecule has 0 spiro atoms. The van der Waals surface area contributed by atoms with E-state index in [2.05, 4.69) is 17.4 Å². The van der Waals surface area contributed by atoms with Crippen LogP contribution in [0.15, 0.2) is 78.9 Å². The van der Waals surface area contributed by atoms with Crippen molar-refractivity contribution in [3.8, 4) is 11.1 Å². The molecule has 6 heteroatoms. The fourth-order valence-electron chi connectivity index (χ4n) is 3.83. The molecule has 0 radical (unpaired) electrons. The van der Waals surface area contributed by atoms with Crippen molar-refractivity contribution in [2.75, 3.05) is 6.61 Å². The highest BCUT2D eigenvalue weighted by molar-refractivity contribution is 5.81. The molecule has 1 amide bonds. The quantitative estimate of drug-likeness (QED) is 0.564. The largest absolute Gasteiger partial charge is 0.480 e. The van der Waals surface area contributed by atoms with Crippen LogP contribution < -0.4 is 11.5 Å². The van der Waals surface area contributed by atoms with E-state index in [1.54, 1.807) is 0 Å². The number of alkyl carbamates (subject to hydrolysis) is 1. The third-order valence-corrected chi connectivity index (χ3v) is 5.22. The zero-order valence-corrected chi connectivity index (χ0v) is 16.5. The monoisotopic (exact) mass is 404 g/mol. The van der Waals surface area contributed by atoms with Gasteiger partial charge in [-0.15, -0.1) is 0 Å². The lowest BCUT2D eigenvalue weighted by Crippen LogP contribution is -2.42. The molecule has 0 aliphatic heterocycles. The molecule has 154 valence electrons. The van der Waals surface area contributed by atoms with Crippen LogP contribution in [0.4, 0.5) is 4.79 Å². The average molecular weight is 404 g/mol. The first kappa shape index (κ1) is 21.1. The van der Waals surface area contributed by atoms with Gasteiger partial charge in [0.05, 0.1) is 0 Å². The second-order valence-corrected chi connectivity index (χ2v) is 7.05. The van der Waals surface area contributed by atoms with Crippen molar-refractivity contribution in [1.82, 2.24) is 11.5 Å². The smallest absolute Gasteiger partial charge is 0.407 e. The second kappa shape index (κ2) is 9.24. The molecular weight excluding hydrogens is 380 g/mol. The zero-order valence-electron chi connectivity index (χ0n) is 16.5. The molecule has 1 unspecified atom stereocenters. The Kier molecular flexibility index (Phi) is 6.49. The van der Waals surface area contributed by atoms with Crippen LogP contribution in [-0.2, 0) is 16.0 Å². The molecule has 1 atom stereocenters.